The Labute approximate surface area is 209 Å². The van der Waals surface area contributed by atoms with E-state index in [1.54, 1.807) is 15.6 Å². The largest absolute Gasteiger partial charge is 0.490 e. The summed E-state index contributed by atoms with van der Waals surface area (Å²) in [5, 5.41) is 4.20. The quantitative estimate of drug-likeness (QED) is 0.451. The zero-order valence-electron chi connectivity index (χ0n) is 20.5. The Balaban J connectivity index is 1.22. The second-order valence-electron chi connectivity index (χ2n) is 9.41. The summed E-state index contributed by atoms with van der Waals surface area (Å²) in [5.41, 5.74) is 1.99. The van der Waals surface area contributed by atoms with E-state index in [1.165, 1.54) is 17.2 Å². The van der Waals surface area contributed by atoms with Crippen LogP contribution in [0.25, 0.3) is 0 Å². The molecule has 1 aliphatic heterocycles. The minimum absolute atomic E-state index is 0.00158. The fourth-order valence-corrected chi connectivity index (χ4v) is 4.47. The molecule has 0 saturated carbocycles. The fourth-order valence-electron chi connectivity index (χ4n) is 4.47. The number of hydrogen-bond acceptors (Lipinski definition) is 4. The van der Waals surface area contributed by atoms with Crippen LogP contribution in [-0.4, -0.2) is 51.7 Å². The van der Waals surface area contributed by atoms with Crippen molar-refractivity contribution in [1.29, 1.82) is 0 Å². The van der Waals surface area contributed by atoms with Gasteiger partial charge in [-0.25, -0.2) is 0 Å². The lowest BCUT2D eigenvalue weighted by Crippen LogP contribution is -2.42. The molecule has 0 radical (unpaired) electrons. The summed E-state index contributed by atoms with van der Waals surface area (Å²) in [6.07, 6.45) is 0.805. The molecule has 6 nitrogen and oxygen atoms in total. The summed E-state index contributed by atoms with van der Waals surface area (Å²) in [7, 11) is 3.98. The van der Waals surface area contributed by atoms with Crippen LogP contribution in [0.15, 0.2) is 60.9 Å². The highest BCUT2D eigenvalue weighted by molar-refractivity contribution is 5.79. The zero-order chi connectivity index (χ0) is 25.7. The monoisotopic (exact) mass is 500 g/mol. The van der Waals surface area contributed by atoms with E-state index in [1.807, 2.05) is 31.6 Å². The maximum Gasteiger partial charge on any atom is 0.416 e. The molecule has 0 unspecified atom stereocenters. The van der Waals surface area contributed by atoms with Crippen LogP contribution < -0.4 is 4.74 Å². The van der Waals surface area contributed by atoms with Crippen LogP contribution >= 0.6 is 0 Å². The maximum absolute atomic E-state index is 12.9. The number of likely N-dealkylation sites (tertiary alicyclic amines) is 1. The van der Waals surface area contributed by atoms with Gasteiger partial charge in [-0.3, -0.25) is 14.4 Å². The van der Waals surface area contributed by atoms with E-state index in [2.05, 4.69) is 29.2 Å². The predicted octanol–water partition coefficient (Wildman–Crippen LogP) is 4.68. The van der Waals surface area contributed by atoms with Crippen LogP contribution in [0.1, 0.15) is 35.1 Å². The van der Waals surface area contributed by atoms with Gasteiger partial charge in [-0.1, -0.05) is 30.3 Å². The molecule has 1 amide bonds. The van der Waals surface area contributed by atoms with Crippen molar-refractivity contribution < 1.29 is 22.7 Å². The highest BCUT2D eigenvalue weighted by Gasteiger charge is 2.31. The Morgan fingerprint density at radius 1 is 1.06 bits per heavy atom. The van der Waals surface area contributed by atoms with Crippen molar-refractivity contribution in [3.63, 3.8) is 0 Å². The van der Waals surface area contributed by atoms with Gasteiger partial charge in [-0.05, 0) is 36.4 Å². The van der Waals surface area contributed by atoms with Crippen molar-refractivity contribution in [3.8, 4) is 5.75 Å². The molecule has 0 bridgehead atoms. The summed E-state index contributed by atoms with van der Waals surface area (Å²) in [4.78, 5) is 16.6. The number of nitrogens with zero attached hydrogens (tertiary/aromatic N) is 4. The number of rotatable bonds is 8. The molecule has 0 N–H and O–H groups in total. The van der Waals surface area contributed by atoms with Gasteiger partial charge < -0.3 is 9.64 Å². The van der Waals surface area contributed by atoms with Gasteiger partial charge in [0.05, 0.1) is 18.2 Å². The van der Waals surface area contributed by atoms with E-state index < -0.39 is 11.7 Å². The van der Waals surface area contributed by atoms with E-state index in [-0.39, 0.29) is 18.4 Å². The third kappa shape index (κ3) is 7.10. The lowest BCUT2D eigenvalue weighted by Gasteiger charge is -2.32. The molecule has 2 heterocycles. The Bertz CT molecular complexity index is 1150. The van der Waals surface area contributed by atoms with Crippen molar-refractivity contribution in [2.75, 3.05) is 20.1 Å². The first-order valence-corrected chi connectivity index (χ1v) is 12.0. The average Bonchev–Trinajstić information content (AvgIpc) is 3.24. The van der Waals surface area contributed by atoms with Gasteiger partial charge in [0.1, 0.15) is 11.9 Å². The minimum Gasteiger partial charge on any atom is -0.490 e. The molecule has 2 aromatic carbocycles. The summed E-state index contributed by atoms with van der Waals surface area (Å²) in [6, 6.07) is 13.0. The lowest BCUT2D eigenvalue weighted by atomic mass is 10.0. The van der Waals surface area contributed by atoms with Crippen LogP contribution in [0, 0.1) is 0 Å². The molecule has 36 heavy (non-hydrogen) atoms. The molecule has 0 atom stereocenters. The third-order valence-electron chi connectivity index (χ3n) is 6.29. The average molecular weight is 501 g/mol. The van der Waals surface area contributed by atoms with Crippen LogP contribution in [-0.2, 0) is 37.5 Å². The number of ether oxygens (including phenoxy) is 1. The molecule has 1 aliphatic rings. The first-order chi connectivity index (χ1) is 17.2. The first kappa shape index (κ1) is 25.8. The van der Waals surface area contributed by atoms with Crippen molar-refractivity contribution in [1.82, 2.24) is 19.6 Å². The number of benzene rings is 2. The number of carbonyl (C=O) groups is 1. The summed E-state index contributed by atoms with van der Waals surface area (Å²) >= 11 is 0. The zero-order valence-corrected chi connectivity index (χ0v) is 20.5. The van der Waals surface area contributed by atoms with Crippen molar-refractivity contribution in [2.24, 2.45) is 7.05 Å². The molecule has 4 rings (SSSR count). The van der Waals surface area contributed by atoms with Gasteiger partial charge in [0.15, 0.2) is 0 Å². The van der Waals surface area contributed by atoms with E-state index in [9.17, 15) is 18.0 Å². The summed E-state index contributed by atoms with van der Waals surface area (Å²) < 4.78 is 46.7. The van der Waals surface area contributed by atoms with Gasteiger partial charge in [0.2, 0.25) is 5.91 Å². The van der Waals surface area contributed by atoms with Crippen molar-refractivity contribution in [2.45, 2.75) is 44.6 Å². The minimum atomic E-state index is -4.41. The molecule has 9 heteroatoms. The Morgan fingerprint density at radius 2 is 1.75 bits per heavy atom. The van der Waals surface area contributed by atoms with E-state index in [4.69, 9.17) is 4.74 Å². The number of halogens is 3. The Hall–Kier alpha value is -3.33. The third-order valence-corrected chi connectivity index (χ3v) is 6.29. The van der Waals surface area contributed by atoms with Crippen LogP contribution in [0.5, 0.6) is 5.75 Å². The van der Waals surface area contributed by atoms with Gasteiger partial charge >= 0.3 is 6.18 Å². The lowest BCUT2D eigenvalue weighted by molar-refractivity contribution is -0.138. The number of piperidine rings is 1. The number of aromatic nitrogens is 2. The Kier molecular flexibility index (Phi) is 7.98. The van der Waals surface area contributed by atoms with E-state index in [0.717, 1.165) is 31.0 Å². The Morgan fingerprint density at radius 3 is 2.39 bits per heavy atom. The molecule has 1 saturated heterocycles. The molecule has 0 spiro atoms. The van der Waals surface area contributed by atoms with E-state index >= 15 is 0 Å². The number of aryl methyl sites for hydroxylation is 1. The molecular formula is C27H31F3N4O2. The fraction of sp³-hybridized carbons (Fsp3) is 0.407. The maximum atomic E-state index is 12.9. The number of amides is 1. The van der Waals surface area contributed by atoms with Crippen LogP contribution in [0.2, 0.25) is 0 Å². The van der Waals surface area contributed by atoms with E-state index in [0.29, 0.717) is 31.5 Å². The van der Waals surface area contributed by atoms with Crippen LogP contribution in [0.3, 0.4) is 0 Å². The highest BCUT2D eigenvalue weighted by atomic mass is 19.4. The number of alkyl halides is 3. The molecular weight excluding hydrogens is 469 g/mol. The normalized spacial score (nSPS) is 14.9. The van der Waals surface area contributed by atoms with Gasteiger partial charge in [0.25, 0.3) is 0 Å². The SMILES string of the molecule is CN(Cc1ccc(OC2CCN(C(=O)Cc3cccc(C(F)(F)F)c3)CC2)cc1)Cc1cnn(C)c1. The summed E-state index contributed by atoms with van der Waals surface area (Å²) in [5.74, 6) is 0.634. The summed E-state index contributed by atoms with van der Waals surface area (Å²) in [6.45, 7) is 2.68. The van der Waals surface area contributed by atoms with Crippen LogP contribution in [0.4, 0.5) is 13.2 Å². The van der Waals surface area contributed by atoms with Crippen molar-refractivity contribution >= 4 is 5.91 Å². The molecule has 3 aromatic rings. The number of hydrogen-bond donors (Lipinski definition) is 0. The smallest absolute Gasteiger partial charge is 0.416 e. The van der Waals surface area contributed by atoms with Crippen molar-refractivity contribution in [3.05, 3.63) is 83.2 Å². The van der Waals surface area contributed by atoms with Gasteiger partial charge in [0, 0.05) is 57.8 Å². The van der Waals surface area contributed by atoms with Gasteiger partial charge in [-0.2, -0.15) is 18.3 Å². The first-order valence-electron chi connectivity index (χ1n) is 12.0. The predicted molar refractivity (Wildman–Crippen MR) is 130 cm³/mol. The molecule has 192 valence electrons. The molecule has 1 fully saturated rings. The topological polar surface area (TPSA) is 50.6 Å². The highest BCUT2D eigenvalue weighted by Crippen LogP contribution is 2.30. The molecule has 1 aromatic heterocycles. The number of carbonyl (C=O) groups excluding carboxylic acids is 1. The second-order valence-corrected chi connectivity index (χ2v) is 9.41. The second kappa shape index (κ2) is 11.2. The molecule has 0 aliphatic carbocycles. The standard InChI is InChI=1S/C27H31F3N4O2/c1-32(18-22-16-31-33(2)19-22)17-20-6-8-24(9-7-20)36-25-10-12-34(13-11-25)26(35)15-21-4-3-5-23(14-21)27(28,29)30/h3-9,14,16,19,25H,10-13,15,17-18H2,1-2H3. The van der Waals surface area contributed by atoms with Gasteiger partial charge in [-0.15, -0.1) is 0 Å².